The second-order valence-electron chi connectivity index (χ2n) is 2.85. The Morgan fingerprint density at radius 1 is 1.38 bits per heavy atom. The van der Waals surface area contributed by atoms with Gasteiger partial charge in [0.25, 0.3) is 0 Å². The second-order valence-corrected chi connectivity index (χ2v) is 3.39. The zero-order chi connectivity index (χ0) is 6.62. The summed E-state index contributed by atoms with van der Waals surface area (Å²) in [5.74, 6) is 0. The Kier molecular flexibility index (Phi) is 3.65. The van der Waals surface area contributed by atoms with Gasteiger partial charge in [-0.3, -0.25) is 0 Å². The maximum absolute atomic E-state index is 4.84. The van der Waals surface area contributed by atoms with E-state index in [0.717, 1.165) is 17.6 Å². The Morgan fingerprint density at radius 2 is 1.88 bits per heavy atom. The molecular weight excluding hydrogens is 169 g/mol. The van der Waals surface area contributed by atoms with Crippen molar-refractivity contribution in [3.63, 3.8) is 0 Å². The molecule has 0 amide bonds. The minimum atomic E-state index is 0.823. The van der Waals surface area contributed by atoms with Crippen molar-refractivity contribution in [2.45, 2.75) is 0 Å². The Bertz CT molecular complexity index is 59.9. The molecule has 0 fully saturated rings. The SMILES string of the molecule is C[N+](C)(C)CCO[SeH]. The molecule has 0 unspecified atom stereocenters. The van der Waals surface area contributed by atoms with Crippen molar-refractivity contribution in [2.24, 2.45) is 0 Å². The first-order chi connectivity index (χ1) is 3.56. The summed E-state index contributed by atoms with van der Waals surface area (Å²) < 4.78 is 5.81. The van der Waals surface area contributed by atoms with Gasteiger partial charge in [-0.25, -0.2) is 0 Å². The number of quaternary nitrogens is 1. The molecule has 8 heavy (non-hydrogen) atoms. The van der Waals surface area contributed by atoms with Crippen molar-refractivity contribution in [3.8, 4) is 0 Å². The van der Waals surface area contributed by atoms with Gasteiger partial charge in [0, 0.05) is 0 Å². The van der Waals surface area contributed by atoms with E-state index >= 15 is 0 Å². The molecule has 0 aromatic heterocycles. The van der Waals surface area contributed by atoms with Gasteiger partial charge >= 0.3 is 58.9 Å². The van der Waals surface area contributed by atoms with E-state index in [9.17, 15) is 0 Å². The third-order valence-electron chi connectivity index (χ3n) is 0.853. The predicted octanol–water partition coefficient (Wildman–Crippen LogP) is -0.475. The first-order valence-electron chi connectivity index (χ1n) is 2.63. The third-order valence-corrected chi connectivity index (χ3v) is 1.24. The molecule has 0 aromatic carbocycles. The van der Waals surface area contributed by atoms with E-state index in [-0.39, 0.29) is 0 Å². The molecule has 3 heteroatoms. The Hall–Kier alpha value is 0.439. The van der Waals surface area contributed by atoms with Gasteiger partial charge in [-0.15, -0.1) is 0 Å². The van der Waals surface area contributed by atoms with Crippen LogP contribution < -0.4 is 0 Å². The molecular formula is C5H14NOSe+. The van der Waals surface area contributed by atoms with Crippen LogP contribution in [0.15, 0.2) is 0 Å². The van der Waals surface area contributed by atoms with Crippen molar-refractivity contribution >= 4 is 16.3 Å². The Balaban J connectivity index is 3.11. The summed E-state index contributed by atoms with van der Waals surface area (Å²) in [7, 11) is 6.43. The van der Waals surface area contributed by atoms with Gasteiger partial charge in [-0.05, 0) is 0 Å². The summed E-state index contributed by atoms with van der Waals surface area (Å²) in [6.45, 7) is 1.89. The maximum atomic E-state index is 4.84. The molecule has 0 aliphatic heterocycles. The first-order valence-corrected chi connectivity index (χ1v) is 3.40. The number of rotatable bonds is 3. The van der Waals surface area contributed by atoms with Crippen molar-refractivity contribution in [1.29, 1.82) is 0 Å². The van der Waals surface area contributed by atoms with E-state index in [0.29, 0.717) is 0 Å². The fourth-order valence-corrected chi connectivity index (χ4v) is 0.486. The van der Waals surface area contributed by atoms with Crippen molar-refractivity contribution in [3.05, 3.63) is 0 Å². The van der Waals surface area contributed by atoms with Crippen molar-refractivity contribution < 1.29 is 8.30 Å². The standard InChI is InChI=1S/C5H13NOSe/c1-6(2,3)4-5-7-8/h4-5H2,1-3H3/p+1. The summed E-state index contributed by atoms with van der Waals surface area (Å²) in [6, 6.07) is 0. The summed E-state index contributed by atoms with van der Waals surface area (Å²) in [5.41, 5.74) is 0. The molecule has 0 aliphatic carbocycles. The Labute approximate surface area is 59.5 Å². The number of hydrogen-bond donors (Lipinski definition) is 0. The molecule has 2 nitrogen and oxygen atoms in total. The average molecular weight is 183 g/mol. The van der Waals surface area contributed by atoms with Crippen LogP contribution in [0.1, 0.15) is 0 Å². The van der Waals surface area contributed by atoms with Gasteiger partial charge in [0.15, 0.2) is 0 Å². The molecule has 0 spiro atoms. The average Bonchev–Trinajstić information content (AvgIpc) is 1.59. The molecule has 0 aliphatic rings. The van der Waals surface area contributed by atoms with Crippen LogP contribution in [0.2, 0.25) is 0 Å². The molecule has 50 valence electrons. The van der Waals surface area contributed by atoms with Crippen LogP contribution in [-0.4, -0.2) is 55.1 Å². The van der Waals surface area contributed by atoms with E-state index < -0.39 is 0 Å². The molecule has 0 radical (unpaired) electrons. The van der Waals surface area contributed by atoms with E-state index in [1.54, 1.807) is 0 Å². The second kappa shape index (κ2) is 3.46. The van der Waals surface area contributed by atoms with Gasteiger partial charge in [-0.1, -0.05) is 0 Å². The van der Waals surface area contributed by atoms with Gasteiger partial charge in [0.2, 0.25) is 0 Å². The van der Waals surface area contributed by atoms with Crippen LogP contribution in [0, 0.1) is 0 Å². The molecule has 0 bridgehead atoms. The predicted molar refractivity (Wildman–Crippen MR) is 36.0 cm³/mol. The van der Waals surface area contributed by atoms with Gasteiger partial charge in [0.1, 0.15) is 0 Å². The van der Waals surface area contributed by atoms with Crippen LogP contribution in [0.25, 0.3) is 0 Å². The van der Waals surface area contributed by atoms with Gasteiger partial charge < -0.3 is 0 Å². The molecule has 0 rings (SSSR count). The fourth-order valence-electron chi connectivity index (χ4n) is 0.315. The van der Waals surface area contributed by atoms with Gasteiger partial charge in [-0.2, -0.15) is 0 Å². The summed E-state index contributed by atoms with van der Waals surface area (Å²) >= 11 is 2.12. The topological polar surface area (TPSA) is 9.23 Å². The van der Waals surface area contributed by atoms with E-state index in [1.807, 2.05) is 0 Å². The summed E-state index contributed by atoms with van der Waals surface area (Å²) in [5, 5.41) is 0. The van der Waals surface area contributed by atoms with Crippen molar-refractivity contribution in [2.75, 3.05) is 34.3 Å². The van der Waals surface area contributed by atoms with Crippen LogP contribution in [0.3, 0.4) is 0 Å². The summed E-state index contributed by atoms with van der Waals surface area (Å²) in [4.78, 5) is 0. The van der Waals surface area contributed by atoms with E-state index in [4.69, 9.17) is 3.82 Å². The Morgan fingerprint density at radius 3 is 2.00 bits per heavy atom. The summed E-state index contributed by atoms with van der Waals surface area (Å²) in [6.07, 6.45) is 0. The molecule has 0 aromatic rings. The zero-order valence-corrected chi connectivity index (χ0v) is 7.59. The third kappa shape index (κ3) is 6.44. The molecule has 0 N–H and O–H groups in total. The van der Waals surface area contributed by atoms with Gasteiger partial charge in [0.05, 0.1) is 0 Å². The number of likely N-dealkylation sites (N-methyl/N-ethyl adjacent to an activating group) is 1. The van der Waals surface area contributed by atoms with Crippen LogP contribution in [0.5, 0.6) is 0 Å². The molecule has 0 atom stereocenters. The van der Waals surface area contributed by atoms with Crippen LogP contribution in [0.4, 0.5) is 0 Å². The zero-order valence-electron chi connectivity index (χ0n) is 5.72. The van der Waals surface area contributed by atoms with Crippen LogP contribution >= 0.6 is 0 Å². The molecule has 0 heterocycles. The fraction of sp³-hybridized carbons (Fsp3) is 1.00. The normalized spacial score (nSPS) is 12.0. The van der Waals surface area contributed by atoms with Crippen molar-refractivity contribution in [1.82, 2.24) is 0 Å². The quantitative estimate of drug-likeness (QED) is 0.424. The van der Waals surface area contributed by atoms with E-state index in [2.05, 4.69) is 37.5 Å². The molecule has 0 saturated heterocycles. The first kappa shape index (κ1) is 8.44. The molecule has 0 saturated carbocycles. The van der Waals surface area contributed by atoms with E-state index in [1.165, 1.54) is 0 Å². The number of hydrogen-bond acceptors (Lipinski definition) is 1. The van der Waals surface area contributed by atoms with Crippen LogP contribution in [-0.2, 0) is 3.82 Å². The minimum absolute atomic E-state index is 0.823. The monoisotopic (exact) mass is 184 g/mol. The number of nitrogens with zero attached hydrogens (tertiary/aromatic N) is 1.